The molecule has 1 amide bonds. The lowest BCUT2D eigenvalue weighted by molar-refractivity contribution is 0.0554. The van der Waals surface area contributed by atoms with Crippen LogP contribution in [-0.4, -0.2) is 65.2 Å². The van der Waals surface area contributed by atoms with Crippen molar-refractivity contribution in [3.63, 3.8) is 0 Å². The number of hydrogen-bond acceptors (Lipinski definition) is 4. The summed E-state index contributed by atoms with van der Waals surface area (Å²) in [6.07, 6.45) is 5.95. The van der Waals surface area contributed by atoms with E-state index in [0.29, 0.717) is 11.7 Å². The first kappa shape index (κ1) is 18.0. The van der Waals surface area contributed by atoms with Gasteiger partial charge in [-0.2, -0.15) is 5.10 Å². The number of piperidine rings is 1. The number of nitrogens with zero attached hydrogens (tertiary/aromatic N) is 3. The predicted molar refractivity (Wildman–Crippen MR) is 105 cm³/mol. The SMILES string of the molecule is COc1cccc(-c2cc(C(=O)N3CCCCC3CN3CCCC3)[nH]n2)c1. The van der Waals surface area contributed by atoms with Crippen LogP contribution in [0, 0.1) is 0 Å². The number of amides is 1. The van der Waals surface area contributed by atoms with Crippen molar-refractivity contribution in [2.45, 2.75) is 38.1 Å². The number of aromatic amines is 1. The third kappa shape index (κ3) is 4.00. The number of nitrogens with one attached hydrogen (secondary N) is 1. The molecule has 3 heterocycles. The van der Waals surface area contributed by atoms with Gasteiger partial charge in [0, 0.05) is 24.7 Å². The Morgan fingerprint density at radius 3 is 2.81 bits per heavy atom. The second-order valence-electron chi connectivity index (χ2n) is 7.55. The molecule has 1 N–H and O–H groups in total. The van der Waals surface area contributed by atoms with Gasteiger partial charge in [0.15, 0.2) is 0 Å². The second-order valence-corrected chi connectivity index (χ2v) is 7.55. The first-order valence-corrected chi connectivity index (χ1v) is 9.98. The minimum atomic E-state index is 0.0699. The number of carbonyl (C=O) groups excluding carboxylic acids is 1. The lowest BCUT2D eigenvalue weighted by atomic mass is 10.0. The van der Waals surface area contributed by atoms with Crippen molar-refractivity contribution in [1.82, 2.24) is 20.0 Å². The lowest BCUT2D eigenvalue weighted by Crippen LogP contribution is -2.49. The topological polar surface area (TPSA) is 61.5 Å². The molecule has 1 unspecified atom stereocenters. The summed E-state index contributed by atoms with van der Waals surface area (Å²) in [5, 5.41) is 7.32. The highest BCUT2D eigenvalue weighted by molar-refractivity contribution is 5.93. The van der Waals surface area contributed by atoms with Crippen LogP contribution in [0.15, 0.2) is 30.3 Å². The number of ether oxygens (including phenoxy) is 1. The summed E-state index contributed by atoms with van der Waals surface area (Å²) in [6, 6.07) is 9.91. The Labute approximate surface area is 160 Å². The molecule has 0 spiro atoms. The molecule has 0 saturated carbocycles. The van der Waals surface area contributed by atoms with Gasteiger partial charge in [0.1, 0.15) is 11.4 Å². The number of hydrogen-bond donors (Lipinski definition) is 1. The summed E-state index contributed by atoms with van der Waals surface area (Å²) in [7, 11) is 1.65. The number of methoxy groups -OCH3 is 1. The number of benzene rings is 1. The fourth-order valence-corrected chi connectivity index (χ4v) is 4.24. The van der Waals surface area contributed by atoms with E-state index in [9.17, 15) is 4.79 Å². The normalized spacial score (nSPS) is 20.8. The minimum Gasteiger partial charge on any atom is -0.497 e. The molecule has 0 radical (unpaired) electrons. The van der Waals surface area contributed by atoms with E-state index in [1.807, 2.05) is 30.3 Å². The highest BCUT2D eigenvalue weighted by atomic mass is 16.5. The van der Waals surface area contributed by atoms with E-state index in [1.165, 1.54) is 32.4 Å². The van der Waals surface area contributed by atoms with Gasteiger partial charge in [0.05, 0.1) is 12.8 Å². The van der Waals surface area contributed by atoms with Crippen LogP contribution in [0.3, 0.4) is 0 Å². The Kier molecular flexibility index (Phi) is 5.43. The average Bonchev–Trinajstić information content (AvgIpc) is 3.40. The van der Waals surface area contributed by atoms with E-state index in [1.54, 1.807) is 7.11 Å². The van der Waals surface area contributed by atoms with E-state index in [4.69, 9.17) is 4.74 Å². The first-order chi connectivity index (χ1) is 13.2. The van der Waals surface area contributed by atoms with Gasteiger partial charge < -0.3 is 14.5 Å². The van der Waals surface area contributed by atoms with Crippen LogP contribution in [0.4, 0.5) is 0 Å². The molecular weight excluding hydrogens is 340 g/mol. The molecule has 4 rings (SSSR count). The molecule has 1 aromatic heterocycles. The fraction of sp³-hybridized carbons (Fsp3) is 0.524. The van der Waals surface area contributed by atoms with Crippen LogP contribution in [0.1, 0.15) is 42.6 Å². The zero-order chi connectivity index (χ0) is 18.6. The number of likely N-dealkylation sites (tertiary alicyclic amines) is 2. The van der Waals surface area contributed by atoms with Gasteiger partial charge >= 0.3 is 0 Å². The summed E-state index contributed by atoms with van der Waals surface area (Å²) in [4.78, 5) is 17.7. The summed E-state index contributed by atoms with van der Waals surface area (Å²) in [6.45, 7) is 4.18. The van der Waals surface area contributed by atoms with Gasteiger partial charge in [-0.15, -0.1) is 0 Å². The Bertz CT molecular complexity index is 782. The van der Waals surface area contributed by atoms with Gasteiger partial charge in [0.2, 0.25) is 0 Å². The maximum Gasteiger partial charge on any atom is 0.272 e. The molecule has 1 atom stereocenters. The largest absolute Gasteiger partial charge is 0.497 e. The highest BCUT2D eigenvalue weighted by Gasteiger charge is 2.30. The summed E-state index contributed by atoms with van der Waals surface area (Å²) in [5.74, 6) is 0.852. The molecule has 144 valence electrons. The number of aromatic nitrogens is 2. The second kappa shape index (κ2) is 8.13. The monoisotopic (exact) mass is 368 g/mol. The van der Waals surface area contributed by atoms with E-state index >= 15 is 0 Å². The van der Waals surface area contributed by atoms with E-state index < -0.39 is 0 Å². The van der Waals surface area contributed by atoms with Crippen LogP contribution in [0.2, 0.25) is 0 Å². The van der Waals surface area contributed by atoms with E-state index in [2.05, 4.69) is 20.0 Å². The molecule has 2 fully saturated rings. The number of carbonyl (C=O) groups is 1. The van der Waals surface area contributed by atoms with Gasteiger partial charge in [-0.3, -0.25) is 9.89 Å². The Balaban J connectivity index is 1.50. The quantitative estimate of drug-likeness (QED) is 0.881. The number of rotatable bonds is 5. The van der Waals surface area contributed by atoms with Crippen molar-refractivity contribution < 1.29 is 9.53 Å². The average molecular weight is 368 g/mol. The van der Waals surface area contributed by atoms with Gasteiger partial charge in [-0.1, -0.05) is 12.1 Å². The van der Waals surface area contributed by atoms with Gasteiger partial charge in [-0.05, 0) is 63.4 Å². The zero-order valence-corrected chi connectivity index (χ0v) is 16.0. The molecule has 0 bridgehead atoms. The first-order valence-electron chi connectivity index (χ1n) is 9.98. The third-order valence-electron chi connectivity index (χ3n) is 5.73. The van der Waals surface area contributed by atoms with Crippen LogP contribution in [-0.2, 0) is 0 Å². The number of H-pyrrole nitrogens is 1. The standard InChI is InChI=1S/C21H28N4O2/c1-27-18-9-6-7-16(13-18)19-14-20(23-22-19)21(26)25-12-3-2-8-17(25)15-24-10-4-5-11-24/h6-7,9,13-14,17H,2-5,8,10-12,15H2,1H3,(H,22,23). The van der Waals surface area contributed by atoms with Crippen molar-refractivity contribution in [3.05, 3.63) is 36.0 Å². The maximum atomic E-state index is 13.2. The summed E-state index contributed by atoms with van der Waals surface area (Å²) < 4.78 is 5.29. The maximum absolute atomic E-state index is 13.2. The summed E-state index contributed by atoms with van der Waals surface area (Å²) >= 11 is 0. The molecular formula is C21H28N4O2. The molecule has 0 aliphatic carbocycles. The van der Waals surface area contributed by atoms with E-state index in [-0.39, 0.29) is 5.91 Å². The van der Waals surface area contributed by atoms with Crippen LogP contribution in [0.25, 0.3) is 11.3 Å². The van der Waals surface area contributed by atoms with E-state index in [0.717, 1.165) is 42.9 Å². The van der Waals surface area contributed by atoms with Crippen LogP contribution < -0.4 is 4.74 Å². The molecule has 2 aliphatic heterocycles. The molecule has 27 heavy (non-hydrogen) atoms. The molecule has 1 aromatic carbocycles. The molecule has 2 saturated heterocycles. The molecule has 6 heteroatoms. The minimum absolute atomic E-state index is 0.0699. The van der Waals surface area contributed by atoms with Crippen molar-refractivity contribution in [2.75, 3.05) is 33.3 Å². The molecule has 6 nitrogen and oxygen atoms in total. The fourth-order valence-electron chi connectivity index (χ4n) is 4.24. The van der Waals surface area contributed by atoms with Crippen molar-refractivity contribution in [3.8, 4) is 17.0 Å². The molecule has 2 aliphatic rings. The van der Waals surface area contributed by atoms with Crippen molar-refractivity contribution >= 4 is 5.91 Å². The van der Waals surface area contributed by atoms with Crippen LogP contribution in [0.5, 0.6) is 5.75 Å². The van der Waals surface area contributed by atoms with Crippen LogP contribution >= 0.6 is 0 Å². The Morgan fingerprint density at radius 2 is 2.00 bits per heavy atom. The predicted octanol–water partition coefficient (Wildman–Crippen LogP) is 3.18. The lowest BCUT2D eigenvalue weighted by Gasteiger charge is -2.37. The Hall–Kier alpha value is -2.34. The summed E-state index contributed by atoms with van der Waals surface area (Å²) in [5.41, 5.74) is 2.28. The van der Waals surface area contributed by atoms with Crippen molar-refractivity contribution in [2.24, 2.45) is 0 Å². The van der Waals surface area contributed by atoms with Gasteiger partial charge in [-0.25, -0.2) is 0 Å². The zero-order valence-electron chi connectivity index (χ0n) is 16.0. The Morgan fingerprint density at radius 1 is 1.19 bits per heavy atom. The van der Waals surface area contributed by atoms with Gasteiger partial charge in [0.25, 0.3) is 5.91 Å². The molecule has 2 aromatic rings. The highest BCUT2D eigenvalue weighted by Crippen LogP contribution is 2.25. The smallest absolute Gasteiger partial charge is 0.272 e. The third-order valence-corrected chi connectivity index (χ3v) is 5.73. The van der Waals surface area contributed by atoms with Crippen molar-refractivity contribution in [1.29, 1.82) is 0 Å².